The molecule has 1 amide bonds. The van der Waals surface area contributed by atoms with Crippen LogP contribution in [0, 0.1) is 0 Å². The molecule has 2 heterocycles. The van der Waals surface area contributed by atoms with Crippen molar-refractivity contribution in [1.29, 1.82) is 0 Å². The van der Waals surface area contributed by atoms with Crippen LogP contribution in [0.25, 0.3) is 5.82 Å². The second-order valence-electron chi connectivity index (χ2n) is 6.41. The van der Waals surface area contributed by atoms with E-state index < -0.39 is 0 Å². The van der Waals surface area contributed by atoms with Gasteiger partial charge in [0.05, 0.1) is 11.6 Å². The molecule has 1 N–H and O–H groups in total. The van der Waals surface area contributed by atoms with Crippen LogP contribution in [0.5, 0.6) is 0 Å². The Kier molecular flexibility index (Phi) is 5.43. The number of aromatic nitrogens is 3. The summed E-state index contributed by atoms with van der Waals surface area (Å²) in [7, 11) is 4.03. The number of nitrogens with zero attached hydrogens (tertiary/aromatic N) is 4. The van der Waals surface area contributed by atoms with Crippen LogP contribution in [0.1, 0.15) is 28.9 Å². The van der Waals surface area contributed by atoms with E-state index in [0.717, 1.165) is 5.56 Å². The maximum absolute atomic E-state index is 12.9. The van der Waals surface area contributed by atoms with Gasteiger partial charge in [-0.15, -0.1) is 0 Å². The van der Waals surface area contributed by atoms with Gasteiger partial charge in [0.15, 0.2) is 5.82 Å². The molecule has 2 atom stereocenters. The predicted molar refractivity (Wildman–Crippen MR) is 101 cm³/mol. The smallest absolute Gasteiger partial charge is 0.255 e. The van der Waals surface area contributed by atoms with Crippen molar-refractivity contribution in [1.82, 2.24) is 25.0 Å². The lowest BCUT2D eigenvalue weighted by Gasteiger charge is -2.31. The van der Waals surface area contributed by atoms with Gasteiger partial charge in [0.2, 0.25) is 0 Å². The van der Waals surface area contributed by atoms with Crippen LogP contribution in [-0.2, 0) is 0 Å². The van der Waals surface area contributed by atoms with Gasteiger partial charge in [-0.05, 0) is 44.8 Å². The fraction of sp³-hybridized carbons (Fsp3) is 0.250. The first-order valence-electron chi connectivity index (χ1n) is 8.55. The van der Waals surface area contributed by atoms with Crippen molar-refractivity contribution in [3.05, 3.63) is 78.2 Å². The molecule has 0 bridgehead atoms. The van der Waals surface area contributed by atoms with Crippen molar-refractivity contribution in [3.63, 3.8) is 0 Å². The van der Waals surface area contributed by atoms with Crippen LogP contribution >= 0.6 is 0 Å². The molecule has 134 valence electrons. The molecule has 0 radical (unpaired) electrons. The topological polar surface area (TPSA) is 63.1 Å². The van der Waals surface area contributed by atoms with Crippen molar-refractivity contribution in [3.8, 4) is 5.82 Å². The Hall–Kier alpha value is -2.99. The average Bonchev–Trinajstić information content (AvgIpc) is 3.17. The highest BCUT2D eigenvalue weighted by Gasteiger charge is 2.24. The number of carbonyl (C=O) groups is 1. The van der Waals surface area contributed by atoms with Crippen LogP contribution in [0.3, 0.4) is 0 Å². The molecule has 6 heteroatoms. The Labute approximate surface area is 153 Å². The highest BCUT2D eigenvalue weighted by atomic mass is 16.1. The minimum atomic E-state index is -0.168. The molecular weight excluding hydrogens is 326 g/mol. The standard InChI is InChI=1S/C20H23N5O/c1-15(18(24(2)3)16-9-5-4-6-10-16)23-20(26)17-11-7-12-21-19(17)25-14-8-13-22-25/h4-15,18H,1-3H3,(H,23,26)/t15-,18+/m1/s1. The molecule has 2 aromatic heterocycles. The predicted octanol–water partition coefficient (Wildman–Crippen LogP) is 2.69. The van der Waals surface area contributed by atoms with Gasteiger partial charge in [-0.1, -0.05) is 30.3 Å². The number of carbonyl (C=O) groups excluding carboxylic acids is 1. The molecule has 0 fully saturated rings. The first kappa shape index (κ1) is 17.8. The molecule has 0 spiro atoms. The third-order valence-corrected chi connectivity index (χ3v) is 4.28. The van der Waals surface area contributed by atoms with Crippen molar-refractivity contribution < 1.29 is 4.79 Å². The van der Waals surface area contributed by atoms with Gasteiger partial charge in [0.1, 0.15) is 0 Å². The Balaban J connectivity index is 1.84. The van der Waals surface area contributed by atoms with E-state index in [1.165, 1.54) is 0 Å². The van der Waals surface area contributed by atoms with Crippen LogP contribution < -0.4 is 5.32 Å². The van der Waals surface area contributed by atoms with E-state index in [-0.39, 0.29) is 18.0 Å². The minimum absolute atomic E-state index is 0.0602. The molecule has 26 heavy (non-hydrogen) atoms. The number of hydrogen-bond acceptors (Lipinski definition) is 4. The third kappa shape index (κ3) is 3.81. The van der Waals surface area contributed by atoms with Crippen molar-refractivity contribution >= 4 is 5.91 Å². The SMILES string of the molecule is C[C@@H](NC(=O)c1cccnc1-n1cccn1)[C@@H](c1ccccc1)N(C)C. The molecule has 0 aliphatic heterocycles. The molecule has 0 saturated carbocycles. The average molecular weight is 349 g/mol. The fourth-order valence-corrected chi connectivity index (χ4v) is 3.20. The molecule has 0 unspecified atom stereocenters. The molecule has 1 aromatic carbocycles. The summed E-state index contributed by atoms with van der Waals surface area (Å²) in [5.41, 5.74) is 1.65. The lowest BCUT2D eigenvalue weighted by atomic mass is 9.99. The summed E-state index contributed by atoms with van der Waals surface area (Å²) >= 11 is 0. The van der Waals surface area contributed by atoms with Gasteiger partial charge in [0, 0.05) is 24.6 Å². The van der Waals surface area contributed by atoms with Gasteiger partial charge >= 0.3 is 0 Å². The lowest BCUT2D eigenvalue weighted by molar-refractivity contribution is 0.0915. The maximum atomic E-state index is 12.9. The Bertz CT molecular complexity index is 846. The quantitative estimate of drug-likeness (QED) is 0.743. The van der Waals surface area contributed by atoms with E-state index in [1.807, 2.05) is 39.2 Å². The monoisotopic (exact) mass is 349 g/mol. The van der Waals surface area contributed by atoms with Gasteiger partial charge in [-0.25, -0.2) is 9.67 Å². The number of hydrogen-bond donors (Lipinski definition) is 1. The summed E-state index contributed by atoms with van der Waals surface area (Å²) in [6.07, 6.45) is 5.09. The second kappa shape index (κ2) is 7.93. The van der Waals surface area contributed by atoms with E-state index in [2.05, 4.69) is 32.4 Å². The van der Waals surface area contributed by atoms with Crippen LogP contribution in [0.15, 0.2) is 67.1 Å². The number of rotatable bonds is 6. The molecule has 6 nitrogen and oxygen atoms in total. The van der Waals surface area contributed by atoms with Crippen LogP contribution in [-0.4, -0.2) is 45.7 Å². The second-order valence-corrected chi connectivity index (χ2v) is 6.41. The summed E-state index contributed by atoms with van der Waals surface area (Å²) in [4.78, 5) is 19.3. The van der Waals surface area contributed by atoms with E-state index in [4.69, 9.17) is 0 Å². The van der Waals surface area contributed by atoms with Crippen molar-refractivity contribution in [2.24, 2.45) is 0 Å². The van der Waals surface area contributed by atoms with Crippen molar-refractivity contribution in [2.75, 3.05) is 14.1 Å². The summed E-state index contributed by atoms with van der Waals surface area (Å²) < 4.78 is 1.60. The fourth-order valence-electron chi connectivity index (χ4n) is 3.20. The van der Waals surface area contributed by atoms with E-state index >= 15 is 0 Å². The van der Waals surface area contributed by atoms with Gasteiger partial charge in [-0.3, -0.25) is 4.79 Å². The Morgan fingerprint density at radius 1 is 1.08 bits per heavy atom. The minimum Gasteiger partial charge on any atom is -0.348 e. The zero-order chi connectivity index (χ0) is 18.5. The van der Waals surface area contributed by atoms with E-state index in [1.54, 1.807) is 41.5 Å². The Morgan fingerprint density at radius 2 is 1.85 bits per heavy atom. The molecule has 0 saturated heterocycles. The summed E-state index contributed by atoms with van der Waals surface area (Å²) in [6.45, 7) is 2.01. The summed E-state index contributed by atoms with van der Waals surface area (Å²) in [6, 6.07) is 15.5. The first-order valence-corrected chi connectivity index (χ1v) is 8.55. The normalized spacial score (nSPS) is 13.4. The largest absolute Gasteiger partial charge is 0.348 e. The number of benzene rings is 1. The van der Waals surface area contributed by atoms with E-state index in [9.17, 15) is 4.79 Å². The van der Waals surface area contributed by atoms with Crippen LogP contribution in [0.2, 0.25) is 0 Å². The highest BCUT2D eigenvalue weighted by molar-refractivity contribution is 5.97. The summed E-state index contributed by atoms with van der Waals surface area (Å²) in [5, 5.41) is 7.30. The number of pyridine rings is 1. The number of likely N-dealkylation sites (N-methyl/N-ethyl adjacent to an activating group) is 1. The Morgan fingerprint density at radius 3 is 2.50 bits per heavy atom. The molecule has 3 aromatic rings. The van der Waals surface area contributed by atoms with Crippen molar-refractivity contribution in [2.45, 2.75) is 19.0 Å². The lowest BCUT2D eigenvalue weighted by Crippen LogP contribution is -2.42. The van der Waals surface area contributed by atoms with Gasteiger partial charge in [0.25, 0.3) is 5.91 Å². The molecule has 3 rings (SSSR count). The van der Waals surface area contributed by atoms with Crippen LogP contribution in [0.4, 0.5) is 0 Å². The molecular formula is C20H23N5O. The summed E-state index contributed by atoms with van der Waals surface area (Å²) in [5.74, 6) is 0.349. The third-order valence-electron chi connectivity index (χ3n) is 4.28. The number of amides is 1. The van der Waals surface area contributed by atoms with E-state index in [0.29, 0.717) is 11.4 Å². The molecule has 0 aliphatic carbocycles. The maximum Gasteiger partial charge on any atom is 0.255 e. The highest BCUT2D eigenvalue weighted by Crippen LogP contribution is 2.22. The van der Waals surface area contributed by atoms with Gasteiger partial charge in [-0.2, -0.15) is 5.10 Å². The zero-order valence-electron chi connectivity index (χ0n) is 15.2. The number of nitrogens with one attached hydrogen (secondary N) is 1. The first-order chi connectivity index (χ1) is 12.6. The van der Waals surface area contributed by atoms with Gasteiger partial charge < -0.3 is 10.2 Å². The zero-order valence-corrected chi connectivity index (χ0v) is 15.2. The molecule has 0 aliphatic rings.